The lowest BCUT2D eigenvalue weighted by molar-refractivity contribution is -0.384. The molecule has 4 rings (SSSR count). The molecule has 0 unspecified atom stereocenters. The van der Waals surface area contributed by atoms with Crippen LogP contribution in [-0.4, -0.2) is 16.8 Å². The molecule has 0 radical (unpaired) electrons. The number of hydrogen-bond donors (Lipinski definition) is 1. The van der Waals surface area contributed by atoms with Gasteiger partial charge in [-0.05, 0) is 52.7 Å². The van der Waals surface area contributed by atoms with Gasteiger partial charge < -0.3 is 10.1 Å². The van der Waals surface area contributed by atoms with E-state index in [-0.39, 0.29) is 22.6 Å². The summed E-state index contributed by atoms with van der Waals surface area (Å²) in [6.07, 6.45) is 1.42. The van der Waals surface area contributed by atoms with Crippen molar-refractivity contribution in [2.45, 2.75) is 0 Å². The summed E-state index contributed by atoms with van der Waals surface area (Å²) < 4.78 is 5.26. The second-order valence-electron chi connectivity index (χ2n) is 7.45. The molecule has 35 heavy (non-hydrogen) atoms. The maximum absolute atomic E-state index is 12.6. The molecule has 0 aliphatic carbocycles. The second kappa shape index (κ2) is 10.1. The minimum atomic E-state index is -0.746. The van der Waals surface area contributed by atoms with E-state index in [0.29, 0.717) is 11.3 Å². The molecule has 0 aromatic heterocycles. The van der Waals surface area contributed by atoms with Gasteiger partial charge in [0.15, 0.2) is 0 Å². The van der Waals surface area contributed by atoms with Crippen LogP contribution < -0.4 is 10.1 Å². The number of nitriles is 1. The molecule has 0 aliphatic rings. The van der Waals surface area contributed by atoms with Crippen molar-refractivity contribution in [3.8, 4) is 11.8 Å². The molecule has 0 heterocycles. The zero-order chi connectivity index (χ0) is 24.8. The SMILES string of the molecule is N#C/C(=C\c1ccc(OC(=O)c2cccc([N+](=O)[O-])c2)cc1)C(=O)Nc1ccc2ccccc2c1. The third kappa shape index (κ3) is 5.56. The summed E-state index contributed by atoms with van der Waals surface area (Å²) in [7, 11) is 0. The highest BCUT2D eigenvalue weighted by Gasteiger charge is 2.14. The van der Waals surface area contributed by atoms with Crippen LogP contribution in [0.25, 0.3) is 16.8 Å². The molecule has 8 heteroatoms. The quantitative estimate of drug-likeness (QED) is 0.100. The number of anilines is 1. The number of carbonyl (C=O) groups is 2. The van der Waals surface area contributed by atoms with Crippen LogP contribution in [-0.2, 0) is 4.79 Å². The van der Waals surface area contributed by atoms with Crippen LogP contribution >= 0.6 is 0 Å². The van der Waals surface area contributed by atoms with Gasteiger partial charge in [0.25, 0.3) is 11.6 Å². The lowest BCUT2D eigenvalue weighted by Crippen LogP contribution is -2.13. The van der Waals surface area contributed by atoms with Crippen LogP contribution in [0.15, 0.2) is 96.6 Å². The molecule has 1 N–H and O–H groups in total. The van der Waals surface area contributed by atoms with Gasteiger partial charge in [-0.2, -0.15) is 5.26 Å². The molecule has 8 nitrogen and oxygen atoms in total. The standard InChI is InChI=1S/C27H17N3O5/c28-17-22(26(31)29-23-11-10-19-4-1-2-5-20(19)15-23)14-18-8-12-25(13-9-18)35-27(32)21-6-3-7-24(16-21)30(33)34/h1-16H,(H,29,31)/b22-14+. The van der Waals surface area contributed by atoms with E-state index >= 15 is 0 Å². The number of rotatable bonds is 6. The summed E-state index contributed by atoms with van der Waals surface area (Å²) in [4.78, 5) is 35.2. The number of esters is 1. The van der Waals surface area contributed by atoms with Crippen LogP contribution in [0.3, 0.4) is 0 Å². The summed E-state index contributed by atoms with van der Waals surface area (Å²) >= 11 is 0. The third-order valence-corrected chi connectivity index (χ3v) is 5.07. The Bertz CT molecular complexity index is 1520. The van der Waals surface area contributed by atoms with E-state index < -0.39 is 16.8 Å². The van der Waals surface area contributed by atoms with Gasteiger partial charge in [-0.15, -0.1) is 0 Å². The normalized spacial score (nSPS) is 10.9. The Morgan fingerprint density at radius 1 is 0.914 bits per heavy atom. The molecule has 170 valence electrons. The summed E-state index contributed by atoms with van der Waals surface area (Å²) in [5.74, 6) is -1.09. The van der Waals surface area contributed by atoms with E-state index in [1.807, 2.05) is 42.5 Å². The molecule has 0 fully saturated rings. The van der Waals surface area contributed by atoms with Crippen molar-refractivity contribution < 1.29 is 19.2 Å². The van der Waals surface area contributed by atoms with E-state index in [1.54, 1.807) is 18.2 Å². The molecule has 4 aromatic rings. The number of amides is 1. The molecule has 1 amide bonds. The topological polar surface area (TPSA) is 122 Å². The first-order valence-corrected chi connectivity index (χ1v) is 10.4. The molecule has 4 aromatic carbocycles. The largest absolute Gasteiger partial charge is 0.423 e. The van der Waals surface area contributed by atoms with Crippen molar-refractivity contribution in [1.82, 2.24) is 0 Å². The average Bonchev–Trinajstić information content (AvgIpc) is 2.88. The van der Waals surface area contributed by atoms with E-state index in [4.69, 9.17) is 4.74 Å². The van der Waals surface area contributed by atoms with Crippen molar-refractivity contribution in [1.29, 1.82) is 5.26 Å². The lowest BCUT2D eigenvalue weighted by atomic mass is 10.1. The Morgan fingerprint density at radius 2 is 1.66 bits per heavy atom. The number of nitrogens with one attached hydrogen (secondary N) is 1. The first-order chi connectivity index (χ1) is 16.9. The summed E-state index contributed by atoms with van der Waals surface area (Å²) in [6, 6.07) is 26.5. The van der Waals surface area contributed by atoms with E-state index in [1.165, 1.54) is 36.4 Å². The molecular formula is C27H17N3O5. The van der Waals surface area contributed by atoms with Crippen LogP contribution in [0.1, 0.15) is 15.9 Å². The number of nitrogens with zero attached hydrogens (tertiary/aromatic N) is 2. The zero-order valence-corrected chi connectivity index (χ0v) is 18.2. The highest BCUT2D eigenvalue weighted by molar-refractivity contribution is 6.10. The molecule has 0 spiro atoms. The number of non-ortho nitro benzene ring substituents is 1. The number of carbonyl (C=O) groups excluding carboxylic acids is 2. The smallest absolute Gasteiger partial charge is 0.343 e. The van der Waals surface area contributed by atoms with Crippen molar-refractivity contribution in [2.75, 3.05) is 5.32 Å². The minimum Gasteiger partial charge on any atom is -0.423 e. The first-order valence-electron chi connectivity index (χ1n) is 10.4. The van der Waals surface area contributed by atoms with Gasteiger partial charge in [-0.25, -0.2) is 4.79 Å². The van der Waals surface area contributed by atoms with Crippen molar-refractivity contribution in [2.24, 2.45) is 0 Å². The zero-order valence-electron chi connectivity index (χ0n) is 18.2. The summed E-state index contributed by atoms with van der Waals surface area (Å²) in [5, 5.41) is 25.1. The van der Waals surface area contributed by atoms with Crippen LogP contribution in [0.2, 0.25) is 0 Å². The fourth-order valence-electron chi connectivity index (χ4n) is 3.33. The Morgan fingerprint density at radius 3 is 2.37 bits per heavy atom. The van der Waals surface area contributed by atoms with Crippen molar-refractivity contribution >= 4 is 40.1 Å². The van der Waals surface area contributed by atoms with Crippen molar-refractivity contribution in [3.05, 3.63) is 118 Å². The second-order valence-corrected chi connectivity index (χ2v) is 7.45. The number of benzene rings is 4. The lowest BCUT2D eigenvalue weighted by Gasteiger charge is -2.07. The van der Waals surface area contributed by atoms with Crippen LogP contribution in [0.5, 0.6) is 5.75 Å². The molecule has 0 bridgehead atoms. The predicted octanol–water partition coefficient (Wildman–Crippen LogP) is 5.51. The number of hydrogen-bond acceptors (Lipinski definition) is 6. The molecule has 0 aliphatic heterocycles. The van der Waals surface area contributed by atoms with Gasteiger partial charge in [-0.1, -0.05) is 48.5 Å². The van der Waals surface area contributed by atoms with E-state index in [9.17, 15) is 25.0 Å². The van der Waals surface area contributed by atoms with Gasteiger partial charge in [0.2, 0.25) is 0 Å². The molecular weight excluding hydrogens is 446 g/mol. The first kappa shape index (κ1) is 22.9. The van der Waals surface area contributed by atoms with E-state index in [2.05, 4.69) is 5.32 Å². The Kier molecular flexibility index (Phi) is 6.61. The Labute approximate surface area is 199 Å². The van der Waals surface area contributed by atoms with Gasteiger partial charge in [-0.3, -0.25) is 14.9 Å². The highest BCUT2D eigenvalue weighted by Crippen LogP contribution is 2.21. The number of fused-ring (bicyclic) bond motifs is 1. The summed E-state index contributed by atoms with van der Waals surface area (Å²) in [5.41, 5.74) is 0.842. The van der Waals surface area contributed by atoms with Gasteiger partial charge in [0.05, 0.1) is 10.5 Å². The van der Waals surface area contributed by atoms with Gasteiger partial charge in [0, 0.05) is 17.8 Å². The Balaban J connectivity index is 1.44. The molecule has 0 saturated carbocycles. The van der Waals surface area contributed by atoms with Crippen molar-refractivity contribution in [3.63, 3.8) is 0 Å². The average molecular weight is 463 g/mol. The van der Waals surface area contributed by atoms with Gasteiger partial charge >= 0.3 is 5.97 Å². The fourth-order valence-corrected chi connectivity index (χ4v) is 3.33. The predicted molar refractivity (Wildman–Crippen MR) is 131 cm³/mol. The fraction of sp³-hybridized carbons (Fsp3) is 0. The monoisotopic (exact) mass is 463 g/mol. The van der Waals surface area contributed by atoms with Crippen LogP contribution in [0, 0.1) is 21.4 Å². The third-order valence-electron chi connectivity index (χ3n) is 5.07. The maximum Gasteiger partial charge on any atom is 0.343 e. The Hall–Kier alpha value is -5.29. The van der Waals surface area contributed by atoms with E-state index in [0.717, 1.165) is 16.8 Å². The highest BCUT2D eigenvalue weighted by atomic mass is 16.6. The van der Waals surface area contributed by atoms with Crippen LogP contribution in [0.4, 0.5) is 11.4 Å². The number of nitro benzene ring substituents is 1. The molecule has 0 saturated heterocycles. The maximum atomic E-state index is 12.6. The molecule has 0 atom stereocenters. The van der Waals surface area contributed by atoms with Gasteiger partial charge in [0.1, 0.15) is 17.4 Å². The minimum absolute atomic E-state index is 0.0419. The number of nitro groups is 1. The summed E-state index contributed by atoms with van der Waals surface area (Å²) in [6.45, 7) is 0. The number of ether oxygens (including phenoxy) is 1.